The van der Waals surface area contributed by atoms with E-state index in [0.717, 1.165) is 24.8 Å². The number of fused-ring (bicyclic) bond motifs is 3. The Balaban J connectivity index is 1.74. The molecule has 4 aliphatic rings. The van der Waals surface area contributed by atoms with E-state index in [9.17, 15) is 37.5 Å². The minimum absolute atomic E-state index is 0.00944. The van der Waals surface area contributed by atoms with E-state index in [4.69, 9.17) is 37.9 Å². The molecule has 3 fully saturated rings. The van der Waals surface area contributed by atoms with Crippen molar-refractivity contribution in [1.82, 2.24) is 4.90 Å². The van der Waals surface area contributed by atoms with Crippen LogP contribution in [-0.2, 0) is 71.7 Å². The molecule has 1 saturated carbocycles. The molecular formula is C57H91NO16S. The second kappa shape index (κ2) is 30.6. The van der Waals surface area contributed by atoms with E-state index < -0.39 is 87.6 Å². The number of carbonyl (C=O) groups excluding carboxylic acids is 5. The van der Waals surface area contributed by atoms with E-state index in [1.807, 2.05) is 58.1 Å². The number of hydrogen-bond donors (Lipinski definition) is 1. The number of rotatable bonds is 14. The fourth-order valence-electron chi connectivity index (χ4n) is 11.2. The van der Waals surface area contributed by atoms with Gasteiger partial charge in [-0.15, -0.1) is 0 Å². The summed E-state index contributed by atoms with van der Waals surface area (Å²) in [4.78, 5) is 73.2. The van der Waals surface area contributed by atoms with Crippen molar-refractivity contribution in [2.24, 2.45) is 35.5 Å². The summed E-state index contributed by atoms with van der Waals surface area (Å²) in [7, 11) is 4.23. The van der Waals surface area contributed by atoms with Gasteiger partial charge >= 0.3 is 5.97 Å². The molecule has 426 valence electrons. The lowest BCUT2D eigenvalue weighted by Crippen LogP contribution is -2.61. The first kappa shape index (κ1) is 64.1. The molecule has 17 nitrogen and oxygen atoms in total. The Morgan fingerprint density at radius 1 is 0.787 bits per heavy atom. The standard InChI is InChI=1S/C57H91NO16S/c1-36-18-14-13-15-19-37(2)48(72-27-29-75(65,66)28-26-67-8)34-44-23-21-42(7)57(64,74-44)54(61)55(62)58-25-17-16-20-45(58)56(63)73-49(39(4)32-43-22-24-47(68-9)50(33-43)69-10)35-46(59)38(3)31-41(6)52(70-11)53(71-12)51(60)40(5)30-36/h13-15,18-19,31,36,38-40,42-45,47-50,52-53,64H,16-17,20-30,32-35H2,1-12H3/b15-13?,18-14+,37-19?,41-31+/t36-,38-,39-,40-,42-,43+,44+,45+,47-,48+,49+,50-,52-,53+,57-/m1/s1. The molecule has 1 N–H and O–H groups in total. The van der Waals surface area contributed by atoms with E-state index in [1.54, 1.807) is 41.1 Å². The molecule has 2 saturated heterocycles. The molecule has 75 heavy (non-hydrogen) atoms. The number of sulfone groups is 1. The monoisotopic (exact) mass is 1080 g/mol. The van der Waals surface area contributed by atoms with Gasteiger partial charge in [0.1, 0.15) is 30.1 Å². The second-order valence-corrected chi connectivity index (χ2v) is 24.1. The topological polar surface area (TPSA) is 217 Å². The highest BCUT2D eigenvalue weighted by molar-refractivity contribution is 7.91. The highest BCUT2D eigenvalue weighted by atomic mass is 32.2. The normalized spacial score (nSPS) is 35.7. The summed E-state index contributed by atoms with van der Waals surface area (Å²) in [5.41, 5.74) is 1.35. The predicted octanol–water partition coefficient (Wildman–Crippen LogP) is 6.92. The zero-order valence-electron chi connectivity index (χ0n) is 47.0. The maximum Gasteiger partial charge on any atom is 0.329 e. The third kappa shape index (κ3) is 18.3. The summed E-state index contributed by atoms with van der Waals surface area (Å²) in [6.45, 7) is 12.8. The largest absolute Gasteiger partial charge is 0.460 e. The van der Waals surface area contributed by atoms with Crippen LogP contribution < -0.4 is 0 Å². The molecule has 3 heterocycles. The lowest BCUT2D eigenvalue weighted by atomic mass is 9.78. The number of ether oxygens (including phenoxy) is 8. The number of carbonyl (C=O) groups is 5. The van der Waals surface area contributed by atoms with Crippen LogP contribution in [0.3, 0.4) is 0 Å². The van der Waals surface area contributed by atoms with Gasteiger partial charge in [-0.25, -0.2) is 13.2 Å². The molecule has 1 aliphatic carbocycles. The fraction of sp³-hybridized carbons (Fsp3) is 0.772. The van der Waals surface area contributed by atoms with Crippen LogP contribution in [0.15, 0.2) is 47.6 Å². The van der Waals surface area contributed by atoms with Gasteiger partial charge in [-0.3, -0.25) is 19.2 Å². The summed E-state index contributed by atoms with van der Waals surface area (Å²) in [5.74, 6) is -8.37. The summed E-state index contributed by atoms with van der Waals surface area (Å²) < 4.78 is 72.5. The first-order valence-electron chi connectivity index (χ1n) is 27.2. The quantitative estimate of drug-likeness (QED) is 0.106. The lowest BCUT2D eigenvalue weighted by Gasteiger charge is -2.43. The van der Waals surface area contributed by atoms with Gasteiger partial charge in [0.05, 0.1) is 49.1 Å². The molecule has 0 radical (unpaired) electrons. The highest BCUT2D eigenvalue weighted by Crippen LogP contribution is 2.38. The number of aliphatic hydroxyl groups is 1. The van der Waals surface area contributed by atoms with Gasteiger partial charge < -0.3 is 47.9 Å². The van der Waals surface area contributed by atoms with E-state index in [-0.39, 0.29) is 92.1 Å². The molecule has 0 aromatic rings. The Hall–Kier alpha value is -3.46. The second-order valence-electron chi connectivity index (χ2n) is 21.8. The van der Waals surface area contributed by atoms with E-state index in [0.29, 0.717) is 44.1 Å². The summed E-state index contributed by atoms with van der Waals surface area (Å²) in [6.07, 6.45) is 12.3. The third-order valence-electron chi connectivity index (χ3n) is 16.0. The Kier molecular flexibility index (Phi) is 26.2. The molecule has 0 spiro atoms. The summed E-state index contributed by atoms with van der Waals surface area (Å²) in [5, 5.41) is 12.2. The molecule has 2 bridgehead atoms. The van der Waals surface area contributed by atoms with E-state index >= 15 is 0 Å². The Morgan fingerprint density at radius 2 is 1.48 bits per heavy atom. The Bertz CT molecular complexity index is 2120. The molecule has 0 aromatic heterocycles. The van der Waals surface area contributed by atoms with Gasteiger partial charge in [-0.2, -0.15) is 0 Å². The van der Waals surface area contributed by atoms with Gasteiger partial charge in [0, 0.05) is 72.7 Å². The first-order valence-corrected chi connectivity index (χ1v) is 29.0. The maximum atomic E-state index is 14.6. The average Bonchev–Trinajstić information content (AvgIpc) is 3.38. The molecule has 0 aromatic carbocycles. The van der Waals surface area contributed by atoms with Crippen molar-refractivity contribution in [2.75, 3.05) is 66.8 Å². The number of piperidine rings is 1. The molecule has 4 rings (SSSR count). The number of Topliss-reactive ketones (excluding diaryl/α,β-unsaturated/α-hetero) is 3. The zero-order chi connectivity index (χ0) is 55.6. The smallest absolute Gasteiger partial charge is 0.329 e. The molecule has 15 atom stereocenters. The first-order chi connectivity index (χ1) is 35.5. The number of hydrogen-bond acceptors (Lipinski definition) is 16. The number of nitrogens with zero attached hydrogens (tertiary/aromatic N) is 1. The van der Waals surface area contributed by atoms with Crippen molar-refractivity contribution in [3.63, 3.8) is 0 Å². The van der Waals surface area contributed by atoms with Crippen LogP contribution in [0, 0.1) is 35.5 Å². The molecule has 0 unspecified atom stereocenters. The summed E-state index contributed by atoms with van der Waals surface area (Å²) >= 11 is 0. The number of cyclic esters (lactones) is 1. The third-order valence-corrected chi connectivity index (χ3v) is 17.6. The number of amides is 1. The van der Waals surface area contributed by atoms with Crippen LogP contribution in [0.1, 0.15) is 126 Å². The number of methoxy groups -OCH3 is 5. The van der Waals surface area contributed by atoms with Gasteiger partial charge in [0.25, 0.3) is 11.7 Å². The van der Waals surface area contributed by atoms with Crippen molar-refractivity contribution in [2.45, 2.75) is 180 Å². The van der Waals surface area contributed by atoms with Crippen LogP contribution in [0.5, 0.6) is 0 Å². The van der Waals surface area contributed by atoms with Gasteiger partial charge in [0.2, 0.25) is 5.79 Å². The molecule has 18 heteroatoms. The Labute approximate surface area is 447 Å². The van der Waals surface area contributed by atoms with Crippen molar-refractivity contribution >= 4 is 39.1 Å². The van der Waals surface area contributed by atoms with E-state index in [2.05, 4.69) is 0 Å². The van der Waals surface area contributed by atoms with Crippen LogP contribution in [0.25, 0.3) is 0 Å². The van der Waals surface area contributed by atoms with Crippen LogP contribution in [-0.4, -0.2) is 169 Å². The molecule has 3 aliphatic heterocycles. The van der Waals surface area contributed by atoms with Crippen LogP contribution in [0.4, 0.5) is 0 Å². The van der Waals surface area contributed by atoms with E-state index in [1.165, 1.54) is 26.2 Å². The van der Waals surface area contributed by atoms with Crippen molar-refractivity contribution in [3.05, 3.63) is 47.6 Å². The lowest BCUT2D eigenvalue weighted by molar-refractivity contribution is -0.266. The van der Waals surface area contributed by atoms with Crippen LogP contribution in [0.2, 0.25) is 0 Å². The molecule has 1 amide bonds. The minimum Gasteiger partial charge on any atom is -0.460 e. The molecular weight excluding hydrogens is 987 g/mol. The van der Waals surface area contributed by atoms with Gasteiger partial charge in [0.15, 0.2) is 15.6 Å². The highest BCUT2D eigenvalue weighted by Gasteiger charge is 2.53. The number of allylic oxidation sites excluding steroid dienone is 6. The maximum absolute atomic E-state index is 14.6. The van der Waals surface area contributed by atoms with Gasteiger partial charge in [-0.05, 0) is 107 Å². The SMILES string of the molecule is COCCS(=O)(=O)CCO[C@H]1C[C@@H]2CC[C@@H](C)[C@@](O)(O2)C(=O)C(=O)N2CCCC[C@H]2C(=O)O[C@H]([C@H](C)C[C@@H]2CC[C@@H](OC)[C@H](OC)C2)CC(=O)[C@H](C)/C=C(\C)[C@@H](OC)[C@@H](OC)C(=O)[C@H](C)C[C@H](C)/C=C/C=CC=C1C. The van der Waals surface area contributed by atoms with Crippen molar-refractivity contribution < 1.29 is 75.4 Å². The van der Waals surface area contributed by atoms with Crippen molar-refractivity contribution in [1.29, 1.82) is 0 Å². The number of esters is 1. The summed E-state index contributed by atoms with van der Waals surface area (Å²) in [6, 6.07) is -1.17. The van der Waals surface area contributed by atoms with Crippen molar-refractivity contribution in [3.8, 4) is 0 Å². The van der Waals surface area contributed by atoms with Gasteiger partial charge in [-0.1, -0.05) is 71.1 Å². The number of ketones is 3. The zero-order valence-corrected chi connectivity index (χ0v) is 47.8. The Morgan fingerprint density at radius 3 is 2.15 bits per heavy atom. The predicted molar refractivity (Wildman–Crippen MR) is 284 cm³/mol. The fourth-order valence-corrected chi connectivity index (χ4v) is 12.2. The average molecular weight is 1080 g/mol. The van der Waals surface area contributed by atoms with Crippen LogP contribution >= 0.6 is 0 Å². The minimum atomic E-state index is -3.50.